The molecular weight excluding hydrogens is 305 g/mol. The highest BCUT2D eigenvalue weighted by atomic mass is 19.1. The van der Waals surface area contributed by atoms with E-state index in [-0.39, 0.29) is 11.8 Å². The Morgan fingerprint density at radius 1 is 1.38 bits per heavy atom. The lowest BCUT2D eigenvalue weighted by Gasteiger charge is -2.25. The zero-order chi connectivity index (χ0) is 17.1. The summed E-state index contributed by atoms with van der Waals surface area (Å²) in [6.45, 7) is 3.97. The zero-order valence-electron chi connectivity index (χ0n) is 14.1. The molecule has 1 saturated carbocycles. The zero-order valence-corrected chi connectivity index (χ0v) is 14.1. The van der Waals surface area contributed by atoms with Gasteiger partial charge in [0.2, 0.25) is 0 Å². The Hall–Kier alpha value is -2.23. The van der Waals surface area contributed by atoms with Crippen LogP contribution in [0, 0.1) is 12.7 Å². The van der Waals surface area contributed by atoms with E-state index in [0.29, 0.717) is 18.1 Å². The van der Waals surface area contributed by atoms with Crippen molar-refractivity contribution in [3.63, 3.8) is 0 Å². The fraction of sp³-hybridized carbons (Fsp3) is 0.400. The fourth-order valence-electron chi connectivity index (χ4n) is 3.44. The molecule has 0 unspecified atom stereocenters. The van der Waals surface area contributed by atoms with Gasteiger partial charge in [-0.25, -0.2) is 9.18 Å². The van der Waals surface area contributed by atoms with Crippen molar-refractivity contribution >= 4 is 16.9 Å². The molecule has 0 N–H and O–H groups in total. The van der Waals surface area contributed by atoms with Crippen molar-refractivity contribution in [1.29, 1.82) is 0 Å². The fourth-order valence-corrected chi connectivity index (χ4v) is 3.44. The molecule has 1 fully saturated rings. The average Bonchev–Trinajstić information content (AvgIpc) is 2.56. The molecule has 1 aliphatic rings. The number of esters is 1. The highest BCUT2D eigenvalue weighted by Gasteiger charge is 2.21. The van der Waals surface area contributed by atoms with Crippen LogP contribution >= 0.6 is 0 Å². The van der Waals surface area contributed by atoms with Gasteiger partial charge in [0.1, 0.15) is 5.82 Å². The Labute approximate surface area is 141 Å². The van der Waals surface area contributed by atoms with Crippen LogP contribution in [0.4, 0.5) is 4.39 Å². The number of benzene rings is 1. The number of hydrogen-bond acceptors (Lipinski definition) is 3. The van der Waals surface area contributed by atoms with Crippen molar-refractivity contribution in [3.8, 4) is 0 Å². The topological polar surface area (TPSA) is 39.2 Å². The highest BCUT2D eigenvalue weighted by molar-refractivity contribution is 5.84. The third-order valence-corrected chi connectivity index (χ3v) is 4.73. The van der Waals surface area contributed by atoms with Crippen LogP contribution in [0.3, 0.4) is 0 Å². The second kappa shape index (κ2) is 7.12. The van der Waals surface area contributed by atoms with Crippen LogP contribution in [0.15, 0.2) is 36.0 Å². The van der Waals surface area contributed by atoms with E-state index in [1.165, 1.54) is 0 Å². The number of carbonyl (C=O) groups is 1. The molecule has 0 radical (unpaired) electrons. The first kappa shape index (κ1) is 16.6. The normalized spacial score (nSPS) is 17.8. The number of aryl methyl sites for hydroxylation is 1. The molecule has 4 heteroatoms. The van der Waals surface area contributed by atoms with E-state index < -0.39 is 0 Å². The van der Waals surface area contributed by atoms with E-state index in [1.807, 2.05) is 19.1 Å². The Balaban J connectivity index is 1.81. The summed E-state index contributed by atoms with van der Waals surface area (Å²) in [5, 5.41) is 0.906. The van der Waals surface area contributed by atoms with E-state index in [9.17, 15) is 9.18 Å². The van der Waals surface area contributed by atoms with E-state index in [2.05, 4.69) is 4.98 Å². The second-order valence-electron chi connectivity index (χ2n) is 6.35. The summed E-state index contributed by atoms with van der Waals surface area (Å²) in [6.07, 6.45) is 7.11. The molecule has 0 aliphatic heterocycles. The predicted molar refractivity (Wildman–Crippen MR) is 92.4 cm³/mol. The Morgan fingerprint density at radius 3 is 2.83 bits per heavy atom. The molecular formula is C20H22FNO2. The first-order valence-electron chi connectivity index (χ1n) is 8.49. The predicted octanol–water partition coefficient (Wildman–Crippen LogP) is 4.83. The van der Waals surface area contributed by atoms with Crippen molar-refractivity contribution in [3.05, 3.63) is 53.0 Å². The average molecular weight is 327 g/mol. The van der Waals surface area contributed by atoms with Crippen molar-refractivity contribution in [2.75, 3.05) is 6.61 Å². The monoisotopic (exact) mass is 327 g/mol. The largest absolute Gasteiger partial charge is 0.463 e. The smallest absolute Gasteiger partial charge is 0.330 e. The molecule has 1 aliphatic carbocycles. The van der Waals surface area contributed by atoms with Crippen LogP contribution in [-0.4, -0.2) is 17.6 Å². The first-order valence-corrected chi connectivity index (χ1v) is 8.49. The van der Waals surface area contributed by atoms with Crippen molar-refractivity contribution in [1.82, 2.24) is 4.98 Å². The molecule has 24 heavy (non-hydrogen) atoms. The van der Waals surface area contributed by atoms with Crippen molar-refractivity contribution in [2.24, 2.45) is 0 Å². The Bertz CT molecular complexity index is 788. The molecule has 1 aromatic heterocycles. The van der Waals surface area contributed by atoms with Gasteiger partial charge in [0.25, 0.3) is 0 Å². The maximum Gasteiger partial charge on any atom is 0.330 e. The van der Waals surface area contributed by atoms with Gasteiger partial charge >= 0.3 is 5.97 Å². The van der Waals surface area contributed by atoms with Gasteiger partial charge in [-0.2, -0.15) is 0 Å². The van der Waals surface area contributed by atoms with Crippen LogP contribution in [0.25, 0.3) is 10.9 Å². The Kier molecular flexibility index (Phi) is 4.93. The van der Waals surface area contributed by atoms with E-state index in [1.54, 1.807) is 25.3 Å². The maximum absolute atomic E-state index is 14.0. The molecule has 3 nitrogen and oxygen atoms in total. The molecule has 0 atom stereocenters. The number of carbonyl (C=O) groups excluding carboxylic acids is 1. The second-order valence-corrected chi connectivity index (χ2v) is 6.35. The number of pyridine rings is 1. The number of ether oxygens (including phenoxy) is 1. The molecule has 1 aromatic carbocycles. The molecule has 0 amide bonds. The minimum atomic E-state index is -0.252. The molecule has 126 valence electrons. The van der Waals surface area contributed by atoms with Gasteiger partial charge in [-0.1, -0.05) is 5.57 Å². The number of halogens is 1. The van der Waals surface area contributed by atoms with Crippen LogP contribution < -0.4 is 0 Å². The maximum atomic E-state index is 14.0. The molecule has 0 saturated heterocycles. The van der Waals surface area contributed by atoms with E-state index in [4.69, 9.17) is 4.74 Å². The molecule has 3 rings (SSSR count). The third-order valence-electron chi connectivity index (χ3n) is 4.73. The van der Waals surface area contributed by atoms with Crippen LogP contribution in [0.5, 0.6) is 0 Å². The van der Waals surface area contributed by atoms with E-state index in [0.717, 1.165) is 47.7 Å². The van der Waals surface area contributed by atoms with Gasteiger partial charge in [0.15, 0.2) is 0 Å². The SMILES string of the molecule is CCOC(=O)C=C1CCC(c2ccnc3cc(C)c(F)cc23)CC1. The quantitative estimate of drug-likeness (QED) is 0.599. The number of nitrogens with zero attached hydrogens (tertiary/aromatic N) is 1. The van der Waals surface area contributed by atoms with E-state index >= 15 is 0 Å². The lowest BCUT2D eigenvalue weighted by Crippen LogP contribution is -2.09. The summed E-state index contributed by atoms with van der Waals surface area (Å²) in [6, 6.07) is 5.42. The Morgan fingerprint density at radius 2 is 2.12 bits per heavy atom. The lowest BCUT2D eigenvalue weighted by molar-refractivity contribution is -0.137. The van der Waals surface area contributed by atoms with Crippen LogP contribution in [0.1, 0.15) is 49.7 Å². The summed E-state index contributed by atoms with van der Waals surface area (Å²) in [4.78, 5) is 15.9. The highest BCUT2D eigenvalue weighted by Crippen LogP contribution is 2.38. The van der Waals surface area contributed by atoms with Crippen LogP contribution in [-0.2, 0) is 9.53 Å². The summed E-state index contributed by atoms with van der Waals surface area (Å²) in [7, 11) is 0. The molecule has 1 heterocycles. The number of aromatic nitrogens is 1. The number of allylic oxidation sites excluding steroid dienone is 1. The van der Waals surface area contributed by atoms with Crippen LogP contribution in [0.2, 0.25) is 0 Å². The van der Waals surface area contributed by atoms with Gasteiger partial charge in [0.05, 0.1) is 12.1 Å². The molecule has 2 aromatic rings. The van der Waals surface area contributed by atoms with Crippen molar-refractivity contribution < 1.29 is 13.9 Å². The molecule has 0 bridgehead atoms. The summed E-state index contributed by atoms with van der Waals surface area (Å²) in [5.41, 5.74) is 3.77. The van der Waals surface area contributed by atoms with Gasteiger partial charge in [-0.15, -0.1) is 0 Å². The lowest BCUT2D eigenvalue weighted by atomic mass is 9.80. The van der Waals surface area contributed by atoms with Gasteiger partial charge in [-0.3, -0.25) is 4.98 Å². The van der Waals surface area contributed by atoms with Gasteiger partial charge in [-0.05, 0) is 74.8 Å². The van der Waals surface area contributed by atoms with Gasteiger partial charge < -0.3 is 4.74 Å². The standard InChI is InChI=1S/C20H22FNO2/c1-3-24-20(23)11-14-4-6-15(7-5-14)16-8-9-22-19-10-13(2)18(21)12-17(16)19/h8-12,15H,3-7H2,1-2H3. The first-order chi connectivity index (χ1) is 11.6. The van der Waals surface area contributed by atoms with Gasteiger partial charge in [0, 0.05) is 17.7 Å². The number of hydrogen-bond donors (Lipinski definition) is 0. The number of fused-ring (bicyclic) bond motifs is 1. The minimum Gasteiger partial charge on any atom is -0.463 e. The molecule has 0 spiro atoms. The minimum absolute atomic E-state index is 0.185. The summed E-state index contributed by atoms with van der Waals surface area (Å²) < 4.78 is 19.0. The third kappa shape index (κ3) is 3.48. The van der Waals surface area contributed by atoms with Crippen molar-refractivity contribution in [2.45, 2.75) is 45.4 Å². The summed E-state index contributed by atoms with van der Waals surface area (Å²) >= 11 is 0. The summed E-state index contributed by atoms with van der Waals surface area (Å²) in [5.74, 6) is -0.0646. The number of rotatable bonds is 3.